The minimum Gasteiger partial charge on any atom is -0.387 e. The molecule has 0 aliphatic rings. The van der Waals surface area contributed by atoms with Crippen molar-refractivity contribution in [3.8, 4) is 0 Å². The fourth-order valence-corrected chi connectivity index (χ4v) is 4.01. The molecule has 0 amide bonds. The van der Waals surface area contributed by atoms with Gasteiger partial charge >= 0.3 is 0 Å². The summed E-state index contributed by atoms with van der Waals surface area (Å²) in [7, 11) is 0. The SMILES string of the molecule is OC(Cc1ccc(Br)cc1Cl)c1cc2ccc(F)cc2s1. The first-order valence-electron chi connectivity index (χ1n) is 6.34. The molecule has 1 unspecified atom stereocenters. The van der Waals surface area contributed by atoms with E-state index in [0.29, 0.717) is 11.4 Å². The van der Waals surface area contributed by atoms with Gasteiger partial charge in [0.2, 0.25) is 0 Å². The minimum atomic E-state index is -0.649. The first kappa shape index (κ1) is 15.0. The van der Waals surface area contributed by atoms with Gasteiger partial charge in [-0.3, -0.25) is 0 Å². The van der Waals surface area contributed by atoms with Crippen LogP contribution in [0.3, 0.4) is 0 Å². The molecule has 1 nitrogen and oxygen atoms in total. The van der Waals surface area contributed by atoms with Gasteiger partial charge in [0.15, 0.2) is 0 Å². The molecule has 0 fully saturated rings. The normalized spacial score (nSPS) is 12.8. The van der Waals surface area contributed by atoms with Gasteiger partial charge in [-0.15, -0.1) is 11.3 Å². The Labute approximate surface area is 139 Å². The van der Waals surface area contributed by atoms with Gasteiger partial charge < -0.3 is 5.11 Å². The fraction of sp³-hybridized carbons (Fsp3) is 0.125. The van der Waals surface area contributed by atoms with Crippen LogP contribution in [0.25, 0.3) is 10.1 Å². The third-order valence-corrected chi connectivity index (χ3v) is 5.30. The lowest BCUT2D eigenvalue weighted by molar-refractivity contribution is 0.182. The third kappa shape index (κ3) is 3.29. The van der Waals surface area contributed by atoms with E-state index in [2.05, 4.69) is 15.9 Å². The second-order valence-electron chi connectivity index (χ2n) is 4.79. The first-order chi connectivity index (χ1) is 10.0. The van der Waals surface area contributed by atoms with Crippen LogP contribution in [0.4, 0.5) is 4.39 Å². The zero-order chi connectivity index (χ0) is 15.0. The van der Waals surface area contributed by atoms with Gasteiger partial charge in [-0.1, -0.05) is 39.7 Å². The molecule has 5 heteroatoms. The molecule has 3 rings (SSSR count). The van der Waals surface area contributed by atoms with Crippen LogP contribution < -0.4 is 0 Å². The molecule has 0 aliphatic heterocycles. The van der Waals surface area contributed by atoms with Crippen LogP contribution in [0.1, 0.15) is 16.5 Å². The average Bonchev–Trinajstić information content (AvgIpc) is 2.85. The number of hydrogen-bond acceptors (Lipinski definition) is 2. The summed E-state index contributed by atoms with van der Waals surface area (Å²) in [6.45, 7) is 0. The number of benzene rings is 2. The highest BCUT2D eigenvalue weighted by Crippen LogP contribution is 2.33. The van der Waals surface area contributed by atoms with Gasteiger partial charge in [-0.05, 0) is 41.3 Å². The van der Waals surface area contributed by atoms with Crippen molar-refractivity contribution in [1.29, 1.82) is 0 Å². The number of aliphatic hydroxyl groups excluding tert-OH is 1. The van der Waals surface area contributed by atoms with Gasteiger partial charge in [0, 0.05) is 25.5 Å². The van der Waals surface area contributed by atoms with E-state index in [1.807, 2.05) is 24.3 Å². The van der Waals surface area contributed by atoms with E-state index in [9.17, 15) is 9.50 Å². The quantitative estimate of drug-likeness (QED) is 0.610. The van der Waals surface area contributed by atoms with Gasteiger partial charge in [-0.2, -0.15) is 0 Å². The maximum atomic E-state index is 13.2. The molecule has 1 aromatic heterocycles. The number of rotatable bonds is 3. The molecule has 0 aliphatic carbocycles. The lowest BCUT2D eigenvalue weighted by Gasteiger charge is -2.10. The summed E-state index contributed by atoms with van der Waals surface area (Å²) in [4.78, 5) is 0.814. The zero-order valence-corrected chi connectivity index (χ0v) is 14.0. The summed E-state index contributed by atoms with van der Waals surface area (Å²) >= 11 is 10.9. The summed E-state index contributed by atoms with van der Waals surface area (Å²) in [5.74, 6) is -0.263. The number of fused-ring (bicyclic) bond motifs is 1. The van der Waals surface area contributed by atoms with E-state index in [4.69, 9.17) is 11.6 Å². The van der Waals surface area contributed by atoms with Gasteiger partial charge in [0.1, 0.15) is 5.82 Å². The minimum absolute atomic E-state index is 0.263. The van der Waals surface area contributed by atoms with Crippen LogP contribution in [-0.2, 0) is 6.42 Å². The second kappa shape index (κ2) is 6.05. The largest absolute Gasteiger partial charge is 0.387 e. The first-order valence-corrected chi connectivity index (χ1v) is 8.32. The Bertz CT molecular complexity index is 802. The second-order valence-corrected chi connectivity index (χ2v) is 7.22. The maximum absolute atomic E-state index is 13.2. The monoisotopic (exact) mass is 384 g/mol. The van der Waals surface area contributed by atoms with Crippen molar-refractivity contribution in [3.63, 3.8) is 0 Å². The highest BCUT2D eigenvalue weighted by molar-refractivity contribution is 9.10. The topological polar surface area (TPSA) is 20.2 Å². The number of hydrogen-bond donors (Lipinski definition) is 1. The van der Waals surface area contributed by atoms with Crippen LogP contribution in [0.2, 0.25) is 5.02 Å². The molecular weight excluding hydrogens is 375 g/mol. The molecule has 0 bridgehead atoms. The molecule has 21 heavy (non-hydrogen) atoms. The molecule has 0 saturated carbocycles. The Kier molecular flexibility index (Phi) is 4.31. The van der Waals surface area contributed by atoms with Crippen molar-refractivity contribution < 1.29 is 9.50 Å². The molecule has 2 aromatic carbocycles. The van der Waals surface area contributed by atoms with E-state index < -0.39 is 6.10 Å². The summed E-state index contributed by atoms with van der Waals surface area (Å²) in [5.41, 5.74) is 0.885. The van der Waals surface area contributed by atoms with Gasteiger partial charge in [0.25, 0.3) is 0 Å². The average molecular weight is 386 g/mol. The van der Waals surface area contributed by atoms with Crippen molar-refractivity contribution in [1.82, 2.24) is 0 Å². The fourth-order valence-electron chi connectivity index (χ4n) is 2.19. The molecule has 108 valence electrons. The van der Waals surface area contributed by atoms with E-state index in [1.54, 1.807) is 6.07 Å². The van der Waals surface area contributed by atoms with Gasteiger partial charge in [0.05, 0.1) is 6.10 Å². The molecule has 1 heterocycles. The zero-order valence-electron chi connectivity index (χ0n) is 10.8. The highest BCUT2D eigenvalue weighted by Gasteiger charge is 2.14. The summed E-state index contributed by atoms with van der Waals surface area (Å²) in [6.07, 6.45) is -0.217. The van der Waals surface area contributed by atoms with Gasteiger partial charge in [-0.25, -0.2) is 4.39 Å². The summed E-state index contributed by atoms with van der Waals surface area (Å²) in [5, 5.41) is 11.9. The van der Waals surface area contributed by atoms with Crippen LogP contribution >= 0.6 is 38.9 Å². The molecular formula is C16H11BrClFOS. The van der Waals surface area contributed by atoms with Crippen LogP contribution in [0.15, 0.2) is 46.9 Å². The number of thiophene rings is 1. The molecule has 1 N–H and O–H groups in total. The van der Waals surface area contributed by atoms with Crippen molar-refractivity contribution in [2.75, 3.05) is 0 Å². The Morgan fingerprint density at radius 2 is 2.00 bits per heavy atom. The molecule has 1 atom stereocenters. The highest BCUT2D eigenvalue weighted by atomic mass is 79.9. The lowest BCUT2D eigenvalue weighted by atomic mass is 10.1. The molecule has 0 radical (unpaired) electrons. The van der Waals surface area contributed by atoms with Crippen LogP contribution in [0.5, 0.6) is 0 Å². The van der Waals surface area contributed by atoms with Crippen LogP contribution in [-0.4, -0.2) is 5.11 Å². The Morgan fingerprint density at radius 1 is 1.19 bits per heavy atom. The predicted octanol–water partition coefficient (Wildman–Crippen LogP) is 5.73. The Morgan fingerprint density at radius 3 is 2.76 bits per heavy atom. The predicted molar refractivity (Wildman–Crippen MR) is 89.6 cm³/mol. The Hall–Kier alpha value is -0.940. The molecule has 0 saturated heterocycles. The summed E-state index contributed by atoms with van der Waals surface area (Å²) in [6, 6.07) is 12.1. The smallest absolute Gasteiger partial charge is 0.124 e. The lowest BCUT2D eigenvalue weighted by Crippen LogP contribution is -2.00. The van der Waals surface area contributed by atoms with Crippen molar-refractivity contribution in [2.24, 2.45) is 0 Å². The van der Waals surface area contributed by atoms with Crippen molar-refractivity contribution in [3.05, 3.63) is 68.2 Å². The molecule has 0 spiro atoms. The number of halogens is 3. The maximum Gasteiger partial charge on any atom is 0.124 e. The third-order valence-electron chi connectivity index (χ3n) is 3.26. The summed E-state index contributed by atoms with van der Waals surface area (Å²) < 4.78 is 15.0. The van der Waals surface area contributed by atoms with E-state index in [-0.39, 0.29) is 5.82 Å². The van der Waals surface area contributed by atoms with E-state index in [0.717, 1.165) is 25.0 Å². The standard InChI is InChI=1S/C16H11BrClFOS/c17-11-3-1-9(13(18)7-11)5-14(20)16-6-10-2-4-12(19)8-15(10)21-16/h1-4,6-8,14,20H,5H2. The van der Waals surface area contributed by atoms with Crippen LogP contribution in [0, 0.1) is 5.82 Å². The van der Waals surface area contributed by atoms with Crippen molar-refractivity contribution >= 4 is 49.0 Å². The van der Waals surface area contributed by atoms with E-state index in [1.165, 1.54) is 23.5 Å². The Balaban J connectivity index is 1.87. The molecule has 3 aromatic rings. The number of aliphatic hydroxyl groups is 1. The van der Waals surface area contributed by atoms with E-state index >= 15 is 0 Å². The van der Waals surface area contributed by atoms with Crippen molar-refractivity contribution in [2.45, 2.75) is 12.5 Å².